The van der Waals surface area contributed by atoms with Gasteiger partial charge in [0.2, 0.25) is 0 Å². The molecular weight excluding hydrogens is 542 g/mol. The number of rotatable bonds is 2. The first-order valence-corrected chi connectivity index (χ1v) is 15.5. The van der Waals surface area contributed by atoms with E-state index in [9.17, 15) is 0 Å². The van der Waals surface area contributed by atoms with Gasteiger partial charge in [0, 0.05) is 53.4 Å². The van der Waals surface area contributed by atoms with Crippen molar-refractivity contribution in [2.24, 2.45) is 5.92 Å². The second kappa shape index (κ2) is 9.41. The minimum atomic E-state index is -0.0872. The van der Waals surface area contributed by atoms with Gasteiger partial charge in [0.1, 0.15) is 12.3 Å². The third kappa shape index (κ3) is 3.35. The normalized spacial score (nSPS) is 22.8. The number of para-hydroxylation sites is 3. The topological polar surface area (TPSA) is 51.6 Å². The van der Waals surface area contributed by atoms with E-state index in [1.54, 1.807) is 0 Å². The van der Waals surface area contributed by atoms with E-state index in [0.29, 0.717) is 0 Å². The molecule has 0 radical (unpaired) electrons. The van der Waals surface area contributed by atoms with Crippen molar-refractivity contribution >= 4 is 45.8 Å². The van der Waals surface area contributed by atoms with E-state index < -0.39 is 0 Å². The highest BCUT2D eigenvalue weighted by Gasteiger charge is 2.59. The minimum Gasteiger partial charge on any atom is -0.345 e. The van der Waals surface area contributed by atoms with Gasteiger partial charge in [-0.25, -0.2) is 15.0 Å². The number of pyridine rings is 1. The van der Waals surface area contributed by atoms with Crippen LogP contribution in [0.1, 0.15) is 37.3 Å². The molecule has 0 saturated carbocycles. The molecule has 7 nitrogen and oxygen atoms in total. The fourth-order valence-corrected chi connectivity index (χ4v) is 8.26. The Morgan fingerprint density at radius 1 is 0.636 bits per heavy atom. The van der Waals surface area contributed by atoms with E-state index in [1.165, 1.54) is 16.8 Å². The first kappa shape index (κ1) is 25.3. The first-order valence-electron chi connectivity index (χ1n) is 15.5. The summed E-state index contributed by atoms with van der Waals surface area (Å²) >= 11 is 0. The van der Waals surface area contributed by atoms with Gasteiger partial charge in [0.25, 0.3) is 0 Å². The van der Waals surface area contributed by atoms with Crippen LogP contribution in [0, 0.1) is 5.92 Å². The zero-order valence-electron chi connectivity index (χ0n) is 24.8. The molecule has 0 bridgehead atoms. The Morgan fingerprint density at radius 3 is 2.07 bits per heavy atom. The van der Waals surface area contributed by atoms with E-state index in [0.717, 1.165) is 46.5 Å². The van der Waals surface area contributed by atoms with E-state index in [-0.39, 0.29) is 30.2 Å². The molecule has 0 spiro atoms. The summed E-state index contributed by atoms with van der Waals surface area (Å²) in [4.78, 5) is 25.0. The van der Waals surface area contributed by atoms with Gasteiger partial charge in [-0.1, -0.05) is 61.2 Å². The monoisotopic (exact) mass is 575 g/mol. The number of fused-ring (bicyclic) bond motifs is 14. The molecule has 4 atom stereocenters. The molecule has 9 rings (SSSR count). The average molecular weight is 576 g/mol. The van der Waals surface area contributed by atoms with Crippen LogP contribution in [0.5, 0.6) is 0 Å². The van der Waals surface area contributed by atoms with Crippen molar-refractivity contribution < 1.29 is 0 Å². The van der Waals surface area contributed by atoms with Crippen molar-refractivity contribution in [1.82, 2.24) is 15.0 Å². The zero-order valence-corrected chi connectivity index (χ0v) is 24.8. The zero-order chi connectivity index (χ0) is 29.5. The van der Waals surface area contributed by atoms with Crippen LogP contribution in [0.2, 0.25) is 0 Å². The van der Waals surface area contributed by atoms with Crippen LogP contribution in [0.15, 0.2) is 116 Å². The van der Waals surface area contributed by atoms with Gasteiger partial charge in [-0.15, -0.1) is 0 Å². The molecule has 4 unspecified atom stereocenters. The summed E-state index contributed by atoms with van der Waals surface area (Å²) in [6.45, 7) is 9.34. The second-order valence-electron chi connectivity index (χ2n) is 12.4. The third-order valence-electron chi connectivity index (χ3n) is 9.82. The maximum absolute atomic E-state index is 5.06. The highest BCUT2D eigenvalue weighted by atomic mass is 15.5. The largest absolute Gasteiger partial charge is 0.345 e. The number of aromatic nitrogens is 3. The lowest BCUT2D eigenvalue weighted by Gasteiger charge is -2.53. The summed E-state index contributed by atoms with van der Waals surface area (Å²) < 4.78 is 0. The number of anilines is 7. The minimum absolute atomic E-state index is 0.0273. The lowest BCUT2D eigenvalue weighted by molar-refractivity contribution is 0.274. The molecule has 4 aliphatic rings. The van der Waals surface area contributed by atoms with Gasteiger partial charge in [-0.05, 0) is 67.8 Å². The molecule has 44 heavy (non-hydrogen) atoms. The van der Waals surface area contributed by atoms with Crippen LogP contribution in [0.4, 0.5) is 40.2 Å². The molecule has 3 aromatic carbocycles. The summed E-state index contributed by atoms with van der Waals surface area (Å²) in [5.74, 6) is 3.04. The Bertz CT molecular complexity index is 1920. The van der Waals surface area contributed by atoms with Gasteiger partial charge in [-0.3, -0.25) is 0 Å². The van der Waals surface area contributed by atoms with Crippen LogP contribution in [-0.2, 0) is 0 Å². The van der Waals surface area contributed by atoms with Crippen molar-refractivity contribution in [2.75, 3.05) is 19.6 Å². The molecule has 7 heteroatoms. The summed E-state index contributed by atoms with van der Waals surface area (Å²) in [5, 5.41) is 0. The van der Waals surface area contributed by atoms with E-state index in [2.05, 4.69) is 124 Å². The van der Waals surface area contributed by atoms with Crippen molar-refractivity contribution in [2.45, 2.75) is 44.6 Å². The van der Waals surface area contributed by atoms with Crippen molar-refractivity contribution in [3.05, 3.63) is 127 Å². The maximum Gasteiger partial charge on any atom is 0.178 e. The SMILES string of the molecule is C=C1CC2c3ccccc3N3c4nccnc4N(c4ccccc4)C3C2C2N(c3ccccc31)c1ncccc1N2C(C)C. The second-order valence-corrected chi connectivity index (χ2v) is 12.4. The van der Waals surface area contributed by atoms with E-state index >= 15 is 0 Å². The number of benzene rings is 3. The molecule has 216 valence electrons. The Labute approximate surface area is 257 Å². The summed E-state index contributed by atoms with van der Waals surface area (Å²) in [6, 6.07) is 32.8. The first-order chi connectivity index (χ1) is 21.6. The summed E-state index contributed by atoms with van der Waals surface area (Å²) in [6.07, 6.45) is 6.29. The lowest BCUT2D eigenvalue weighted by atomic mass is 9.71. The van der Waals surface area contributed by atoms with Crippen molar-refractivity contribution in [3.8, 4) is 0 Å². The summed E-state index contributed by atoms with van der Waals surface area (Å²) in [5.41, 5.74) is 8.29. The van der Waals surface area contributed by atoms with Crippen LogP contribution >= 0.6 is 0 Å². The van der Waals surface area contributed by atoms with E-state index in [4.69, 9.17) is 21.5 Å². The maximum atomic E-state index is 5.06. The summed E-state index contributed by atoms with van der Waals surface area (Å²) in [7, 11) is 0. The number of hydrogen-bond donors (Lipinski definition) is 0. The molecule has 2 aromatic heterocycles. The number of hydrogen-bond acceptors (Lipinski definition) is 7. The predicted octanol–water partition coefficient (Wildman–Crippen LogP) is 8.01. The standard InChI is InChI=1S/C37H33N7/c1-23(2)41-31-18-11-19-38-33(31)43-29-16-9-7-14-26(29)24(3)22-28-27-15-8-10-17-30(27)44-35-34(39-20-21-40-35)42(25-12-5-4-6-13-25)37(44)32(28)36(41)43/h4-21,23,28,32,36-37H,3,22H2,1-2H3. The molecule has 0 saturated heterocycles. The van der Waals surface area contributed by atoms with Crippen LogP contribution in [0.3, 0.4) is 0 Å². The van der Waals surface area contributed by atoms with Gasteiger partial charge in [0.05, 0.1) is 11.4 Å². The van der Waals surface area contributed by atoms with Crippen molar-refractivity contribution in [3.63, 3.8) is 0 Å². The Kier molecular flexibility index (Phi) is 5.42. The molecular formula is C37H33N7. The fourth-order valence-electron chi connectivity index (χ4n) is 8.26. The van der Waals surface area contributed by atoms with Gasteiger partial charge >= 0.3 is 0 Å². The Morgan fingerprint density at radius 2 is 1.27 bits per heavy atom. The number of nitrogens with zero attached hydrogens (tertiary/aromatic N) is 7. The van der Waals surface area contributed by atoms with Crippen LogP contribution < -0.4 is 19.6 Å². The highest BCUT2D eigenvalue weighted by molar-refractivity contribution is 5.91. The molecule has 0 amide bonds. The fraction of sp³-hybridized carbons (Fsp3) is 0.216. The van der Waals surface area contributed by atoms with Gasteiger partial charge in [-0.2, -0.15) is 0 Å². The number of allylic oxidation sites excluding steroid dienone is 1. The highest BCUT2D eigenvalue weighted by Crippen LogP contribution is 2.61. The lowest BCUT2D eigenvalue weighted by Crippen LogP contribution is -2.61. The predicted molar refractivity (Wildman–Crippen MR) is 177 cm³/mol. The molecule has 0 fully saturated rings. The quantitative estimate of drug-likeness (QED) is 0.211. The molecule has 0 N–H and O–H groups in total. The molecule has 6 heterocycles. The smallest absolute Gasteiger partial charge is 0.178 e. The Hall–Kier alpha value is -5.17. The third-order valence-corrected chi connectivity index (χ3v) is 9.82. The van der Waals surface area contributed by atoms with E-state index in [1.807, 2.05) is 18.6 Å². The molecule has 5 aromatic rings. The average Bonchev–Trinajstić information content (AvgIpc) is 3.58. The van der Waals surface area contributed by atoms with Gasteiger partial charge in [0.15, 0.2) is 17.5 Å². The van der Waals surface area contributed by atoms with Crippen LogP contribution in [0.25, 0.3) is 5.57 Å². The van der Waals surface area contributed by atoms with Gasteiger partial charge < -0.3 is 19.6 Å². The molecule has 0 aliphatic carbocycles. The Balaban J connectivity index is 1.38. The van der Waals surface area contributed by atoms with Crippen LogP contribution in [-0.4, -0.2) is 33.3 Å². The molecule has 4 aliphatic heterocycles. The van der Waals surface area contributed by atoms with Crippen molar-refractivity contribution in [1.29, 1.82) is 0 Å².